The molecule has 0 spiro atoms. The standard InChI is InChI=1S/C24H25N3O4S/c28-24(27-13-11-26(12-14-27)19-10-15-32(29,30)17-19)21-9-5-4-8-20(21)23-25-16-22(31-23)18-6-2-1-3-7-18/h1-9,16,19H,10-15,17H2. The molecule has 2 aliphatic rings. The number of sulfone groups is 1. The van der Waals surface area contributed by atoms with Crippen molar-refractivity contribution in [3.05, 3.63) is 66.4 Å². The molecule has 0 bridgehead atoms. The van der Waals surface area contributed by atoms with Gasteiger partial charge in [-0.15, -0.1) is 0 Å². The van der Waals surface area contributed by atoms with Gasteiger partial charge in [0.25, 0.3) is 5.91 Å². The number of aromatic nitrogens is 1. The summed E-state index contributed by atoms with van der Waals surface area (Å²) in [6, 6.07) is 17.2. The molecule has 0 aliphatic carbocycles. The van der Waals surface area contributed by atoms with E-state index in [2.05, 4.69) is 9.88 Å². The first kappa shape index (κ1) is 20.9. The van der Waals surface area contributed by atoms with E-state index in [0.717, 1.165) is 5.56 Å². The van der Waals surface area contributed by atoms with E-state index < -0.39 is 9.84 Å². The Hall–Kier alpha value is -2.97. The highest BCUT2D eigenvalue weighted by atomic mass is 32.2. The van der Waals surface area contributed by atoms with Crippen LogP contribution in [-0.2, 0) is 9.84 Å². The van der Waals surface area contributed by atoms with Gasteiger partial charge in [0.15, 0.2) is 15.6 Å². The van der Waals surface area contributed by atoms with Crippen molar-refractivity contribution in [2.75, 3.05) is 37.7 Å². The minimum absolute atomic E-state index is 0.0567. The Morgan fingerprint density at radius 1 is 0.969 bits per heavy atom. The molecule has 32 heavy (non-hydrogen) atoms. The van der Waals surface area contributed by atoms with Gasteiger partial charge in [-0.1, -0.05) is 42.5 Å². The number of hydrogen-bond donors (Lipinski definition) is 0. The third-order valence-electron chi connectivity index (χ3n) is 6.28. The molecule has 7 nitrogen and oxygen atoms in total. The van der Waals surface area contributed by atoms with Gasteiger partial charge < -0.3 is 9.32 Å². The van der Waals surface area contributed by atoms with Crippen LogP contribution in [-0.4, -0.2) is 72.8 Å². The maximum absolute atomic E-state index is 13.3. The van der Waals surface area contributed by atoms with Gasteiger partial charge in [0.05, 0.1) is 23.3 Å². The molecule has 2 fully saturated rings. The summed E-state index contributed by atoms with van der Waals surface area (Å²) < 4.78 is 29.6. The van der Waals surface area contributed by atoms with Gasteiger partial charge in [-0.05, 0) is 18.6 Å². The largest absolute Gasteiger partial charge is 0.436 e. The van der Waals surface area contributed by atoms with E-state index in [1.807, 2.05) is 53.4 Å². The van der Waals surface area contributed by atoms with E-state index in [1.165, 1.54) is 0 Å². The minimum atomic E-state index is -2.91. The molecule has 0 saturated carbocycles. The molecular weight excluding hydrogens is 426 g/mol. The lowest BCUT2D eigenvalue weighted by atomic mass is 10.1. The van der Waals surface area contributed by atoms with E-state index in [4.69, 9.17) is 4.42 Å². The van der Waals surface area contributed by atoms with Crippen LogP contribution in [0.15, 0.2) is 65.2 Å². The number of oxazole rings is 1. The lowest BCUT2D eigenvalue weighted by Gasteiger charge is -2.37. The molecule has 5 rings (SSSR count). The molecule has 3 heterocycles. The molecule has 0 radical (unpaired) electrons. The van der Waals surface area contributed by atoms with Crippen molar-refractivity contribution in [2.45, 2.75) is 12.5 Å². The first-order chi connectivity index (χ1) is 15.5. The van der Waals surface area contributed by atoms with Gasteiger partial charge in [-0.2, -0.15) is 0 Å². The predicted molar refractivity (Wildman–Crippen MR) is 122 cm³/mol. The zero-order valence-corrected chi connectivity index (χ0v) is 18.5. The quantitative estimate of drug-likeness (QED) is 0.607. The third-order valence-corrected chi connectivity index (χ3v) is 8.03. The number of rotatable bonds is 4. The van der Waals surface area contributed by atoms with Crippen LogP contribution in [0.4, 0.5) is 0 Å². The first-order valence-corrected chi connectivity index (χ1v) is 12.7. The second-order valence-corrected chi connectivity index (χ2v) is 10.6. The fraction of sp³-hybridized carbons (Fsp3) is 0.333. The van der Waals surface area contributed by atoms with E-state index in [-0.39, 0.29) is 23.5 Å². The van der Waals surface area contributed by atoms with Crippen molar-refractivity contribution in [2.24, 2.45) is 0 Å². The number of nitrogens with zero attached hydrogens (tertiary/aromatic N) is 3. The molecule has 166 valence electrons. The Morgan fingerprint density at radius 3 is 2.41 bits per heavy atom. The monoisotopic (exact) mass is 451 g/mol. The molecule has 0 N–H and O–H groups in total. The minimum Gasteiger partial charge on any atom is -0.436 e. The van der Waals surface area contributed by atoms with Crippen LogP contribution < -0.4 is 0 Å². The van der Waals surface area contributed by atoms with Crippen LogP contribution in [0.5, 0.6) is 0 Å². The highest BCUT2D eigenvalue weighted by Crippen LogP contribution is 2.29. The van der Waals surface area contributed by atoms with Crippen molar-refractivity contribution in [1.82, 2.24) is 14.8 Å². The molecule has 1 atom stereocenters. The molecule has 3 aromatic rings. The summed E-state index contributed by atoms with van der Waals surface area (Å²) in [5.74, 6) is 1.52. The van der Waals surface area contributed by atoms with Gasteiger partial charge in [0.2, 0.25) is 5.89 Å². The van der Waals surface area contributed by atoms with Crippen LogP contribution in [0.25, 0.3) is 22.8 Å². The van der Waals surface area contributed by atoms with Crippen LogP contribution in [0, 0.1) is 0 Å². The zero-order chi connectivity index (χ0) is 22.1. The topological polar surface area (TPSA) is 83.7 Å². The average molecular weight is 452 g/mol. The number of benzene rings is 2. The Morgan fingerprint density at radius 2 is 1.69 bits per heavy atom. The van der Waals surface area contributed by atoms with Crippen LogP contribution in [0.3, 0.4) is 0 Å². The fourth-order valence-corrected chi connectivity index (χ4v) is 6.28. The Bertz CT molecular complexity index is 1210. The van der Waals surface area contributed by atoms with Crippen molar-refractivity contribution < 1.29 is 17.6 Å². The van der Waals surface area contributed by atoms with Gasteiger partial charge in [-0.3, -0.25) is 9.69 Å². The molecule has 8 heteroatoms. The second kappa shape index (κ2) is 8.52. The second-order valence-electron chi connectivity index (χ2n) is 8.33. The molecular formula is C24H25N3O4S. The zero-order valence-electron chi connectivity index (χ0n) is 17.7. The summed E-state index contributed by atoms with van der Waals surface area (Å²) in [6.07, 6.45) is 2.37. The molecule has 1 amide bonds. The van der Waals surface area contributed by atoms with Gasteiger partial charge >= 0.3 is 0 Å². The fourth-order valence-electron chi connectivity index (χ4n) is 4.51. The Kier molecular flexibility index (Phi) is 5.57. The maximum atomic E-state index is 13.3. The molecule has 1 unspecified atom stereocenters. The van der Waals surface area contributed by atoms with E-state index in [9.17, 15) is 13.2 Å². The van der Waals surface area contributed by atoms with Crippen LogP contribution in [0.2, 0.25) is 0 Å². The highest BCUT2D eigenvalue weighted by molar-refractivity contribution is 7.91. The van der Waals surface area contributed by atoms with Crippen LogP contribution >= 0.6 is 0 Å². The summed E-state index contributed by atoms with van der Waals surface area (Å²) in [6.45, 7) is 2.52. The number of hydrogen-bond acceptors (Lipinski definition) is 6. The number of carbonyl (C=O) groups is 1. The number of piperazine rings is 1. The molecule has 2 aliphatic heterocycles. The summed E-state index contributed by atoms with van der Waals surface area (Å²) in [5.41, 5.74) is 2.16. The van der Waals surface area contributed by atoms with Gasteiger partial charge in [-0.25, -0.2) is 13.4 Å². The number of carbonyl (C=O) groups excluding carboxylic acids is 1. The summed E-state index contributed by atoms with van der Waals surface area (Å²) >= 11 is 0. The first-order valence-electron chi connectivity index (χ1n) is 10.8. The molecule has 2 saturated heterocycles. The highest BCUT2D eigenvalue weighted by Gasteiger charge is 2.34. The van der Waals surface area contributed by atoms with E-state index in [1.54, 1.807) is 12.3 Å². The summed E-state index contributed by atoms with van der Waals surface area (Å²) in [5, 5.41) is 0. The molecule has 2 aromatic carbocycles. The maximum Gasteiger partial charge on any atom is 0.254 e. The summed E-state index contributed by atoms with van der Waals surface area (Å²) in [4.78, 5) is 21.8. The van der Waals surface area contributed by atoms with Crippen molar-refractivity contribution in [3.8, 4) is 22.8 Å². The average Bonchev–Trinajstić information content (AvgIpc) is 3.46. The SMILES string of the molecule is O=C(c1ccccc1-c1ncc(-c2ccccc2)o1)N1CCN(C2CCS(=O)(=O)C2)CC1. The van der Waals surface area contributed by atoms with Crippen molar-refractivity contribution >= 4 is 15.7 Å². The number of amides is 1. The Balaban J connectivity index is 1.31. The lowest BCUT2D eigenvalue weighted by molar-refractivity contribution is 0.0588. The van der Waals surface area contributed by atoms with Crippen molar-refractivity contribution in [1.29, 1.82) is 0 Å². The van der Waals surface area contributed by atoms with E-state index >= 15 is 0 Å². The smallest absolute Gasteiger partial charge is 0.254 e. The van der Waals surface area contributed by atoms with Gasteiger partial charge in [0.1, 0.15) is 0 Å². The Labute approximate surface area is 187 Å². The van der Waals surface area contributed by atoms with Crippen molar-refractivity contribution in [3.63, 3.8) is 0 Å². The predicted octanol–water partition coefficient (Wildman–Crippen LogP) is 2.95. The lowest BCUT2D eigenvalue weighted by Crippen LogP contribution is -2.52. The summed E-state index contributed by atoms with van der Waals surface area (Å²) in [7, 11) is -2.91. The van der Waals surface area contributed by atoms with E-state index in [0.29, 0.717) is 55.4 Å². The van der Waals surface area contributed by atoms with Gasteiger partial charge in [0, 0.05) is 43.3 Å². The molecule has 1 aromatic heterocycles. The third kappa shape index (κ3) is 4.20. The normalized spacial score (nSPS) is 21.0. The van der Waals surface area contributed by atoms with Crippen LogP contribution in [0.1, 0.15) is 16.8 Å².